The standard InChI is InChI=1S/C35H74N2/c1-7-9-11-13-15-17-23-29-35(30-24-18-16-14-12-10-8-2,36-31-25-19-21-27-33(3)4)37-32-26-20-22-28-34(5)6/h33-34,36-37H,7-32H2,1-6H3. The van der Waals surface area contributed by atoms with Crippen molar-refractivity contribution in [3.05, 3.63) is 0 Å². The third-order valence-electron chi connectivity index (χ3n) is 8.26. The number of hydrogen-bond acceptors (Lipinski definition) is 2. The van der Waals surface area contributed by atoms with E-state index in [1.807, 2.05) is 0 Å². The Morgan fingerprint density at radius 1 is 0.405 bits per heavy atom. The molecular weight excluding hydrogens is 448 g/mol. The molecule has 0 heterocycles. The number of nitrogens with one attached hydrogen (secondary N) is 2. The molecule has 0 aliphatic rings. The highest BCUT2D eigenvalue weighted by Gasteiger charge is 2.27. The largest absolute Gasteiger partial charge is 0.299 e. The minimum absolute atomic E-state index is 0.170. The molecule has 0 aromatic carbocycles. The molecule has 0 atom stereocenters. The zero-order valence-corrected chi connectivity index (χ0v) is 27.0. The Balaban J connectivity index is 4.84. The highest BCUT2D eigenvalue weighted by Crippen LogP contribution is 2.23. The molecule has 2 nitrogen and oxygen atoms in total. The smallest absolute Gasteiger partial charge is 0.0687 e. The van der Waals surface area contributed by atoms with Gasteiger partial charge in [0, 0.05) is 0 Å². The first kappa shape index (κ1) is 36.9. The predicted octanol–water partition coefficient (Wildman–Crippen LogP) is 11.6. The molecule has 224 valence electrons. The molecule has 37 heavy (non-hydrogen) atoms. The Morgan fingerprint density at radius 2 is 0.730 bits per heavy atom. The lowest BCUT2D eigenvalue weighted by Gasteiger charge is -2.37. The van der Waals surface area contributed by atoms with Crippen LogP contribution in [-0.2, 0) is 0 Å². The van der Waals surface area contributed by atoms with Gasteiger partial charge in [0.25, 0.3) is 0 Å². The van der Waals surface area contributed by atoms with Crippen molar-refractivity contribution in [2.24, 2.45) is 11.8 Å². The fourth-order valence-corrected chi connectivity index (χ4v) is 5.67. The molecule has 0 unspecified atom stereocenters. The minimum Gasteiger partial charge on any atom is -0.299 e. The van der Waals surface area contributed by atoms with Crippen molar-refractivity contribution in [2.45, 2.75) is 201 Å². The van der Waals surface area contributed by atoms with Gasteiger partial charge in [-0.2, -0.15) is 0 Å². The second kappa shape index (κ2) is 27.5. The zero-order chi connectivity index (χ0) is 27.5. The van der Waals surface area contributed by atoms with E-state index < -0.39 is 0 Å². The lowest BCUT2D eigenvalue weighted by atomic mass is 9.92. The van der Waals surface area contributed by atoms with Crippen molar-refractivity contribution in [1.29, 1.82) is 0 Å². The maximum Gasteiger partial charge on any atom is 0.0687 e. The Kier molecular flexibility index (Phi) is 27.4. The topological polar surface area (TPSA) is 24.1 Å². The van der Waals surface area contributed by atoms with Crippen LogP contribution in [0.5, 0.6) is 0 Å². The average Bonchev–Trinajstić information content (AvgIpc) is 2.86. The molecule has 0 amide bonds. The third-order valence-corrected chi connectivity index (χ3v) is 8.26. The Bertz CT molecular complexity index is 391. The van der Waals surface area contributed by atoms with Crippen LogP contribution in [0.1, 0.15) is 196 Å². The van der Waals surface area contributed by atoms with Gasteiger partial charge in [-0.15, -0.1) is 0 Å². The summed E-state index contributed by atoms with van der Waals surface area (Å²) in [6, 6.07) is 0. The summed E-state index contributed by atoms with van der Waals surface area (Å²) in [4.78, 5) is 0. The second-order valence-electron chi connectivity index (χ2n) is 13.2. The van der Waals surface area contributed by atoms with Crippen LogP contribution in [0.4, 0.5) is 0 Å². The molecule has 2 N–H and O–H groups in total. The van der Waals surface area contributed by atoms with E-state index in [0.29, 0.717) is 0 Å². The first-order chi connectivity index (χ1) is 18.0. The van der Waals surface area contributed by atoms with Gasteiger partial charge in [0.15, 0.2) is 0 Å². The summed E-state index contributed by atoms with van der Waals surface area (Å²) in [6.07, 6.45) is 33.3. The summed E-state index contributed by atoms with van der Waals surface area (Å²) in [5, 5.41) is 8.28. The summed E-state index contributed by atoms with van der Waals surface area (Å²) in [5.74, 6) is 1.69. The van der Waals surface area contributed by atoms with Crippen LogP contribution < -0.4 is 10.6 Å². The normalized spacial score (nSPS) is 12.3. The number of unbranched alkanes of at least 4 members (excludes halogenated alkanes) is 16. The molecule has 0 saturated carbocycles. The molecular formula is C35H74N2. The fourth-order valence-electron chi connectivity index (χ4n) is 5.67. The van der Waals surface area contributed by atoms with E-state index in [9.17, 15) is 0 Å². The molecule has 0 radical (unpaired) electrons. The van der Waals surface area contributed by atoms with E-state index in [4.69, 9.17) is 0 Å². The maximum atomic E-state index is 4.14. The van der Waals surface area contributed by atoms with Gasteiger partial charge in [-0.3, -0.25) is 10.6 Å². The predicted molar refractivity (Wildman–Crippen MR) is 171 cm³/mol. The molecule has 0 aromatic heterocycles. The molecule has 0 aliphatic heterocycles. The quantitative estimate of drug-likeness (QED) is 0.0723. The summed E-state index contributed by atoms with van der Waals surface area (Å²) in [6.45, 7) is 16.5. The van der Waals surface area contributed by atoms with Crippen LogP contribution in [0.3, 0.4) is 0 Å². The van der Waals surface area contributed by atoms with Crippen molar-refractivity contribution >= 4 is 0 Å². The van der Waals surface area contributed by atoms with Crippen LogP contribution in [-0.4, -0.2) is 18.8 Å². The molecule has 0 spiro atoms. The first-order valence-electron chi connectivity index (χ1n) is 17.5. The molecule has 0 saturated heterocycles. The van der Waals surface area contributed by atoms with Crippen molar-refractivity contribution in [1.82, 2.24) is 10.6 Å². The van der Waals surface area contributed by atoms with E-state index >= 15 is 0 Å². The lowest BCUT2D eigenvalue weighted by molar-refractivity contribution is 0.203. The highest BCUT2D eigenvalue weighted by molar-refractivity contribution is 4.86. The van der Waals surface area contributed by atoms with E-state index in [-0.39, 0.29) is 5.66 Å². The summed E-state index contributed by atoms with van der Waals surface area (Å²) < 4.78 is 0. The maximum absolute atomic E-state index is 4.14. The molecule has 0 rings (SSSR count). The van der Waals surface area contributed by atoms with E-state index in [0.717, 1.165) is 11.8 Å². The number of rotatable bonds is 30. The van der Waals surface area contributed by atoms with Crippen LogP contribution >= 0.6 is 0 Å². The third kappa shape index (κ3) is 25.9. The zero-order valence-electron chi connectivity index (χ0n) is 27.0. The van der Waals surface area contributed by atoms with Crippen LogP contribution in [0, 0.1) is 11.8 Å². The SMILES string of the molecule is CCCCCCCCCC(CCCCCCCCC)(NCCCCCC(C)C)NCCCCCC(C)C. The molecule has 0 aromatic rings. The Morgan fingerprint density at radius 3 is 1.08 bits per heavy atom. The van der Waals surface area contributed by atoms with Crippen LogP contribution in [0.2, 0.25) is 0 Å². The van der Waals surface area contributed by atoms with Gasteiger partial charge < -0.3 is 0 Å². The van der Waals surface area contributed by atoms with Crippen LogP contribution in [0.25, 0.3) is 0 Å². The second-order valence-corrected chi connectivity index (χ2v) is 13.2. The first-order valence-corrected chi connectivity index (χ1v) is 17.5. The summed E-state index contributed by atoms with van der Waals surface area (Å²) >= 11 is 0. The van der Waals surface area contributed by atoms with E-state index in [2.05, 4.69) is 52.2 Å². The number of hydrogen-bond donors (Lipinski definition) is 2. The van der Waals surface area contributed by atoms with Gasteiger partial charge in [0.05, 0.1) is 5.66 Å². The van der Waals surface area contributed by atoms with Gasteiger partial charge in [-0.25, -0.2) is 0 Å². The van der Waals surface area contributed by atoms with Crippen molar-refractivity contribution in [3.63, 3.8) is 0 Å². The molecule has 0 aliphatic carbocycles. The van der Waals surface area contributed by atoms with Crippen LogP contribution in [0.15, 0.2) is 0 Å². The molecule has 0 bridgehead atoms. The van der Waals surface area contributed by atoms with Gasteiger partial charge in [0.1, 0.15) is 0 Å². The summed E-state index contributed by atoms with van der Waals surface area (Å²) in [5.41, 5.74) is 0.170. The van der Waals surface area contributed by atoms with Crippen molar-refractivity contribution in [3.8, 4) is 0 Å². The monoisotopic (exact) mass is 523 g/mol. The molecule has 0 fully saturated rings. The van der Waals surface area contributed by atoms with Gasteiger partial charge in [0.2, 0.25) is 0 Å². The van der Waals surface area contributed by atoms with Gasteiger partial charge in [-0.1, -0.05) is 170 Å². The van der Waals surface area contributed by atoms with Gasteiger partial charge in [-0.05, 0) is 50.6 Å². The highest BCUT2D eigenvalue weighted by atomic mass is 15.2. The summed E-state index contributed by atoms with van der Waals surface area (Å²) in [7, 11) is 0. The van der Waals surface area contributed by atoms with Crippen molar-refractivity contribution in [2.75, 3.05) is 13.1 Å². The molecule has 2 heteroatoms. The Labute approximate surface area is 236 Å². The average molecular weight is 523 g/mol. The lowest BCUT2D eigenvalue weighted by Crippen LogP contribution is -2.57. The van der Waals surface area contributed by atoms with Crippen molar-refractivity contribution < 1.29 is 0 Å². The van der Waals surface area contributed by atoms with E-state index in [1.54, 1.807) is 0 Å². The Hall–Kier alpha value is -0.0800. The van der Waals surface area contributed by atoms with Gasteiger partial charge >= 0.3 is 0 Å². The van der Waals surface area contributed by atoms with E-state index in [1.165, 1.54) is 167 Å². The fraction of sp³-hybridized carbons (Fsp3) is 1.00. The minimum atomic E-state index is 0.170.